The molecule has 1 aliphatic rings. The van der Waals surface area contributed by atoms with Crippen LogP contribution >= 0.6 is 11.3 Å². The molecule has 2 rings (SSSR count). The van der Waals surface area contributed by atoms with Gasteiger partial charge in [-0.3, -0.25) is 0 Å². The van der Waals surface area contributed by atoms with E-state index >= 15 is 0 Å². The predicted octanol–water partition coefficient (Wildman–Crippen LogP) is 1.87. The summed E-state index contributed by atoms with van der Waals surface area (Å²) in [7, 11) is 1.63. The van der Waals surface area contributed by atoms with E-state index in [-0.39, 0.29) is 6.10 Å². The van der Waals surface area contributed by atoms with Crippen LogP contribution in [0.25, 0.3) is 0 Å². The van der Waals surface area contributed by atoms with Gasteiger partial charge in [0.15, 0.2) is 0 Å². The van der Waals surface area contributed by atoms with Crippen molar-refractivity contribution in [3.63, 3.8) is 0 Å². The summed E-state index contributed by atoms with van der Waals surface area (Å²) >= 11 is 1.81. The Bertz CT molecular complexity index is 364. The molecular formula is C15H26N2O2S. The van der Waals surface area contributed by atoms with E-state index in [1.807, 2.05) is 11.3 Å². The van der Waals surface area contributed by atoms with Crippen LogP contribution in [0.1, 0.15) is 30.7 Å². The average Bonchev–Trinajstić information content (AvgIpc) is 2.95. The quantitative estimate of drug-likeness (QED) is 0.807. The van der Waals surface area contributed by atoms with Crippen molar-refractivity contribution in [2.24, 2.45) is 0 Å². The van der Waals surface area contributed by atoms with E-state index in [4.69, 9.17) is 4.74 Å². The molecule has 5 heteroatoms. The van der Waals surface area contributed by atoms with Crippen LogP contribution in [0.2, 0.25) is 0 Å². The lowest BCUT2D eigenvalue weighted by Crippen LogP contribution is -2.45. The molecule has 0 saturated carbocycles. The highest BCUT2D eigenvalue weighted by atomic mass is 32.1. The van der Waals surface area contributed by atoms with Crippen molar-refractivity contribution in [3.8, 4) is 0 Å². The van der Waals surface area contributed by atoms with E-state index < -0.39 is 0 Å². The van der Waals surface area contributed by atoms with Crippen molar-refractivity contribution in [1.82, 2.24) is 10.2 Å². The number of thiophene rings is 1. The van der Waals surface area contributed by atoms with Gasteiger partial charge in [-0.15, -0.1) is 11.3 Å². The summed E-state index contributed by atoms with van der Waals surface area (Å²) in [5.41, 5.74) is 0. The summed E-state index contributed by atoms with van der Waals surface area (Å²) in [6.07, 6.45) is 1.93. The van der Waals surface area contributed by atoms with E-state index in [9.17, 15) is 5.11 Å². The molecule has 1 aromatic heterocycles. The second-order valence-electron chi connectivity index (χ2n) is 5.59. The zero-order valence-corrected chi connectivity index (χ0v) is 13.2. The van der Waals surface area contributed by atoms with Crippen LogP contribution in [0.4, 0.5) is 0 Å². The molecule has 1 fully saturated rings. The standard InChI is InChI=1S/C15H26N2O2S/c1-12(15-4-3-9-20-15)16-13-5-7-17(8-6-13)10-14(18)11-19-2/h3-4,9,12-14,16,18H,5-8,10-11H2,1-2H3. The highest BCUT2D eigenvalue weighted by molar-refractivity contribution is 7.10. The first-order valence-electron chi connectivity index (χ1n) is 7.38. The molecule has 4 nitrogen and oxygen atoms in total. The van der Waals surface area contributed by atoms with Gasteiger partial charge in [-0.25, -0.2) is 0 Å². The fourth-order valence-corrected chi connectivity index (χ4v) is 3.54. The number of β-amino-alcohol motifs (C(OH)–C–C–N with tert-alkyl or cyclic N) is 1. The summed E-state index contributed by atoms with van der Waals surface area (Å²) < 4.78 is 4.97. The number of piperidine rings is 1. The molecule has 0 spiro atoms. The smallest absolute Gasteiger partial charge is 0.0900 e. The SMILES string of the molecule is COCC(O)CN1CCC(NC(C)c2cccs2)CC1. The maximum atomic E-state index is 9.76. The number of aliphatic hydroxyl groups excluding tert-OH is 1. The molecule has 1 aromatic rings. The minimum atomic E-state index is -0.366. The van der Waals surface area contributed by atoms with E-state index in [0.717, 1.165) is 32.5 Å². The third kappa shape index (κ3) is 4.82. The van der Waals surface area contributed by atoms with Crippen LogP contribution in [0.5, 0.6) is 0 Å². The molecule has 2 heterocycles. The summed E-state index contributed by atoms with van der Waals surface area (Å²) in [5.74, 6) is 0. The van der Waals surface area contributed by atoms with Crippen molar-refractivity contribution in [2.45, 2.75) is 38.0 Å². The Morgan fingerprint density at radius 3 is 2.85 bits per heavy atom. The normalized spacial score (nSPS) is 20.9. The van der Waals surface area contributed by atoms with Crippen LogP contribution in [0.15, 0.2) is 17.5 Å². The van der Waals surface area contributed by atoms with Gasteiger partial charge in [-0.05, 0) is 44.3 Å². The zero-order chi connectivity index (χ0) is 14.4. The lowest BCUT2D eigenvalue weighted by molar-refractivity contribution is 0.0308. The molecule has 0 amide bonds. The Labute approximate surface area is 125 Å². The van der Waals surface area contributed by atoms with Gasteiger partial charge in [0.05, 0.1) is 12.7 Å². The van der Waals surface area contributed by atoms with Crippen molar-refractivity contribution in [1.29, 1.82) is 0 Å². The lowest BCUT2D eigenvalue weighted by atomic mass is 10.0. The number of nitrogens with zero attached hydrogens (tertiary/aromatic N) is 1. The van der Waals surface area contributed by atoms with E-state index in [2.05, 4.69) is 34.7 Å². The Balaban J connectivity index is 1.69. The molecule has 1 saturated heterocycles. The number of rotatable bonds is 7. The van der Waals surface area contributed by atoms with Gasteiger partial charge in [0.1, 0.15) is 0 Å². The minimum Gasteiger partial charge on any atom is -0.389 e. The fraction of sp³-hybridized carbons (Fsp3) is 0.733. The Morgan fingerprint density at radius 1 is 1.50 bits per heavy atom. The summed E-state index contributed by atoms with van der Waals surface area (Å²) in [4.78, 5) is 3.74. The maximum absolute atomic E-state index is 9.76. The second kappa shape index (κ2) is 8.10. The monoisotopic (exact) mass is 298 g/mol. The van der Waals surface area contributed by atoms with Gasteiger partial charge in [0.25, 0.3) is 0 Å². The minimum absolute atomic E-state index is 0.366. The van der Waals surface area contributed by atoms with Gasteiger partial charge >= 0.3 is 0 Å². The van der Waals surface area contributed by atoms with Crippen LogP contribution in [-0.4, -0.2) is 55.5 Å². The second-order valence-corrected chi connectivity index (χ2v) is 6.57. The number of hydrogen-bond donors (Lipinski definition) is 2. The molecule has 0 radical (unpaired) electrons. The number of methoxy groups -OCH3 is 1. The highest BCUT2D eigenvalue weighted by Crippen LogP contribution is 2.21. The molecule has 114 valence electrons. The first-order chi connectivity index (χ1) is 9.69. The average molecular weight is 298 g/mol. The van der Waals surface area contributed by atoms with Crippen molar-refractivity contribution >= 4 is 11.3 Å². The number of aliphatic hydroxyl groups is 1. The van der Waals surface area contributed by atoms with Crippen LogP contribution in [0.3, 0.4) is 0 Å². The number of ether oxygens (including phenoxy) is 1. The van der Waals surface area contributed by atoms with E-state index in [1.54, 1.807) is 7.11 Å². The van der Waals surface area contributed by atoms with Crippen molar-refractivity contribution < 1.29 is 9.84 Å². The van der Waals surface area contributed by atoms with Crippen LogP contribution < -0.4 is 5.32 Å². The number of hydrogen-bond acceptors (Lipinski definition) is 5. The molecule has 0 aliphatic carbocycles. The Kier molecular flexibility index (Phi) is 6.45. The van der Waals surface area contributed by atoms with Crippen LogP contribution in [-0.2, 0) is 4.74 Å². The van der Waals surface area contributed by atoms with E-state index in [0.29, 0.717) is 18.7 Å². The molecule has 2 unspecified atom stereocenters. The van der Waals surface area contributed by atoms with Crippen molar-refractivity contribution in [3.05, 3.63) is 22.4 Å². The van der Waals surface area contributed by atoms with Gasteiger partial charge in [0.2, 0.25) is 0 Å². The van der Waals surface area contributed by atoms with Gasteiger partial charge in [-0.1, -0.05) is 6.07 Å². The van der Waals surface area contributed by atoms with Crippen LogP contribution in [0, 0.1) is 0 Å². The summed E-state index contributed by atoms with van der Waals surface area (Å²) in [6.45, 7) is 5.49. The van der Waals surface area contributed by atoms with Gasteiger partial charge < -0.3 is 20.1 Å². The molecule has 1 aliphatic heterocycles. The third-order valence-electron chi connectivity index (χ3n) is 3.87. The van der Waals surface area contributed by atoms with Gasteiger partial charge in [0, 0.05) is 30.6 Å². The predicted molar refractivity (Wildman–Crippen MR) is 83.2 cm³/mol. The Morgan fingerprint density at radius 2 is 2.25 bits per heavy atom. The molecule has 20 heavy (non-hydrogen) atoms. The Hall–Kier alpha value is -0.460. The molecule has 2 N–H and O–H groups in total. The van der Waals surface area contributed by atoms with Gasteiger partial charge in [-0.2, -0.15) is 0 Å². The maximum Gasteiger partial charge on any atom is 0.0900 e. The molecular weight excluding hydrogens is 272 g/mol. The van der Waals surface area contributed by atoms with E-state index in [1.165, 1.54) is 4.88 Å². The third-order valence-corrected chi connectivity index (χ3v) is 4.93. The topological polar surface area (TPSA) is 44.7 Å². The zero-order valence-electron chi connectivity index (χ0n) is 12.4. The largest absolute Gasteiger partial charge is 0.389 e. The molecule has 2 atom stereocenters. The lowest BCUT2D eigenvalue weighted by Gasteiger charge is -2.34. The first-order valence-corrected chi connectivity index (χ1v) is 8.25. The molecule has 0 bridgehead atoms. The summed E-state index contributed by atoms with van der Waals surface area (Å²) in [5, 5.41) is 15.6. The summed E-state index contributed by atoms with van der Waals surface area (Å²) in [6, 6.07) is 5.32. The first kappa shape index (κ1) is 15.9. The highest BCUT2D eigenvalue weighted by Gasteiger charge is 2.22. The van der Waals surface area contributed by atoms with Crippen molar-refractivity contribution in [2.75, 3.05) is 33.4 Å². The number of likely N-dealkylation sites (tertiary alicyclic amines) is 1. The number of nitrogens with one attached hydrogen (secondary N) is 1. The fourth-order valence-electron chi connectivity index (χ4n) is 2.80. The molecule has 0 aromatic carbocycles.